The number of nitrogen functional groups attached to an aromatic ring is 1. The van der Waals surface area contributed by atoms with E-state index in [2.05, 4.69) is 15.4 Å². The number of rotatable bonds is 3. The van der Waals surface area contributed by atoms with Gasteiger partial charge in [-0.3, -0.25) is 0 Å². The van der Waals surface area contributed by atoms with Crippen LogP contribution in [0.15, 0.2) is 0 Å². The molecule has 0 unspecified atom stereocenters. The van der Waals surface area contributed by atoms with E-state index >= 15 is 0 Å². The second-order valence-electron chi connectivity index (χ2n) is 4.10. The summed E-state index contributed by atoms with van der Waals surface area (Å²) in [7, 11) is 3.82. The van der Waals surface area contributed by atoms with Crippen molar-refractivity contribution in [3.05, 3.63) is 11.4 Å². The Labute approximate surface area is 90.7 Å². The minimum absolute atomic E-state index is 0.274. The van der Waals surface area contributed by atoms with Gasteiger partial charge < -0.3 is 11.2 Å². The monoisotopic (exact) mass is 209 g/mol. The Kier molecular flexibility index (Phi) is 3.47. The second kappa shape index (κ2) is 4.44. The van der Waals surface area contributed by atoms with Gasteiger partial charge in [-0.25, -0.2) is 15.0 Å². The molecule has 0 aromatic carbocycles. The van der Waals surface area contributed by atoms with Gasteiger partial charge in [0.25, 0.3) is 0 Å². The van der Waals surface area contributed by atoms with Crippen molar-refractivity contribution in [3.63, 3.8) is 0 Å². The third-order valence-electron chi connectivity index (χ3n) is 2.05. The average molecular weight is 209 g/mol. The largest absolute Gasteiger partial charge is 0.383 e. The topological polar surface area (TPSA) is 67.1 Å². The van der Waals surface area contributed by atoms with Crippen LogP contribution >= 0.6 is 0 Å². The molecule has 0 amide bonds. The maximum absolute atomic E-state index is 5.83. The lowest BCUT2D eigenvalue weighted by molar-refractivity contribution is 0.490. The Morgan fingerprint density at radius 2 is 1.87 bits per heavy atom. The van der Waals surface area contributed by atoms with Crippen molar-refractivity contribution < 1.29 is 0 Å². The SMILES string of the molecule is Cc1c(N)nc(C(C)C)nc1NN(C)C. The molecule has 0 aliphatic rings. The molecule has 0 atom stereocenters. The number of hydrogen-bond donors (Lipinski definition) is 2. The Morgan fingerprint density at radius 3 is 2.33 bits per heavy atom. The Hall–Kier alpha value is -1.36. The summed E-state index contributed by atoms with van der Waals surface area (Å²) in [6.07, 6.45) is 0. The van der Waals surface area contributed by atoms with Crippen LogP contribution in [0, 0.1) is 6.92 Å². The summed E-state index contributed by atoms with van der Waals surface area (Å²) < 4.78 is 0. The molecule has 1 aromatic rings. The highest BCUT2D eigenvalue weighted by atomic mass is 15.5. The second-order valence-corrected chi connectivity index (χ2v) is 4.10. The minimum Gasteiger partial charge on any atom is -0.383 e. The van der Waals surface area contributed by atoms with Crippen LogP contribution in [0.5, 0.6) is 0 Å². The van der Waals surface area contributed by atoms with Gasteiger partial charge in [0.05, 0.1) is 0 Å². The van der Waals surface area contributed by atoms with Crippen LogP contribution < -0.4 is 11.2 Å². The molecule has 0 aliphatic heterocycles. The normalized spacial score (nSPS) is 11.1. The zero-order valence-corrected chi connectivity index (χ0v) is 10.00. The van der Waals surface area contributed by atoms with Gasteiger partial charge in [-0.15, -0.1) is 0 Å². The van der Waals surface area contributed by atoms with Crippen LogP contribution in [0.1, 0.15) is 31.2 Å². The van der Waals surface area contributed by atoms with Crippen molar-refractivity contribution in [2.75, 3.05) is 25.3 Å². The van der Waals surface area contributed by atoms with Crippen LogP contribution in [0.25, 0.3) is 0 Å². The third-order valence-corrected chi connectivity index (χ3v) is 2.05. The number of nitrogens with one attached hydrogen (secondary N) is 1. The maximum Gasteiger partial charge on any atom is 0.149 e. The molecule has 0 saturated heterocycles. The molecule has 0 radical (unpaired) electrons. The summed E-state index contributed by atoms with van der Waals surface area (Å²) >= 11 is 0. The van der Waals surface area contributed by atoms with E-state index in [-0.39, 0.29) is 5.92 Å². The van der Waals surface area contributed by atoms with E-state index in [0.29, 0.717) is 5.82 Å². The lowest BCUT2D eigenvalue weighted by Gasteiger charge is -2.17. The zero-order valence-electron chi connectivity index (χ0n) is 10.00. The predicted octanol–water partition coefficient (Wildman–Crippen LogP) is 1.38. The van der Waals surface area contributed by atoms with E-state index in [0.717, 1.165) is 17.2 Å². The first-order valence-corrected chi connectivity index (χ1v) is 4.99. The van der Waals surface area contributed by atoms with Crippen molar-refractivity contribution >= 4 is 11.6 Å². The summed E-state index contributed by atoms with van der Waals surface area (Å²) in [5, 5.41) is 1.83. The molecule has 1 heterocycles. The van der Waals surface area contributed by atoms with Crippen LogP contribution in [0.2, 0.25) is 0 Å². The molecule has 1 aromatic heterocycles. The molecule has 5 heteroatoms. The van der Waals surface area contributed by atoms with Crippen LogP contribution in [-0.2, 0) is 0 Å². The van der Waals surface area contributed by atoms with Crippen molar-refractivity contribution in [2.24, 2.45) is 0 Å². The highest BCUT2D eigenvalue weighted by Crippen LogP contribution is 2.20. The number of anilines is 2. The molecule has 3 N–H and O–H groups in total. The van der Waals surface area contributed by atoms with E-state index in [4.69, 9.17) is 5.73 Å². The van der Waals surface area contributed by atoms with Crippen LogP contribution in [-0.4, -0.2) is 29.1 Å². The maximum atomic E-state index is 5.83. The lowest BCUT2D eigenvalue weighted by atomic mass is 10.2. The van der Waals surface area contributed by atoms with Crippen molar-refractivity contribution in [1.29, 1.82) is 0 Å². The van der Waals surface area contributed by atoms with E-state index in [9.17, 15) is 0 Å². The van der Waals surface area contributed by atoms with Gasteiger partial charge in [-0.2, -0.15) is 0 Å². The van der Waals surface area contributed by atoms with Gasteiger partial charge in [0.1, 0.15) is 17.5 Å². The molecular weight excluding hydrogens is 190 g/mol. The van der Waals surface area contributed by atoms with Gasteiger partial charge in [-0.1, -0.05) is 13.8 Å². The molecular formula is C10H19N5. The van der Waals surface area contributed by atoms with Crippen LogP contribution in [0.4, 0.5) is 11.6 Å². The highest BCUT2D eigenvalue weighted by Gasteiger charge is 2.11. The number of nitrogens with two attached hydrogens (primary N) is 1. The standard InChI is InChI=1S/C10H19N5/c1-6(2)9-12-8(11)7(3)10(13-9)14-15(4)5/h6H,1-5H3,(H3,11,12,13,14). The number of hydrogen-bond acceptors (Lipinski definition) is 5. The minimum atomic E-state index is 0.274. The molecule has 0 fully saturated rings. The van der Waals surface area contributed by atoms with Gasteiger partial charge in [0, 0.05) is 25.6 Å². The molecule has 5 nitrogen and oxygen atoms in total. The zero-order chi connectivity index (χ0) is 11.6. The number of aromatic nitrogens is 2. The summed E-state index contributed by atoms with van der Waals surface area (Å²) in [5.41, 5.74) is 9.82. The molecule has 0 bridgehead atoms. The first kappa shape index (κ1) is 11.7. The first-order valence-electron chi connectivity index (χ1n) is 4.99. The fraction of sp³-hybridized carbons (Fsp3) is 0.600. The fourth-order valence-corrected chi connectivity index (χ4v) is 1.13. The summed E-state index contributed by atoms with van der Waals surface area (Å²) in [6, 6.07) is 0. The summed E-state index contributed by atoms with van der Waals surface area (Å²) in [5.74, 6) is 2.35. The van der Waals surface area contributed by atoms with Crippen LogP contribution in [0.3, 0.4) is 0 Å². The number of nitrogens with zero attached hydrogens (tertiary/aromatic N) is 3. The van der Waals surface area contributed by atoms with Gasteiger partial charge in [0.15, 0.2) is 0 Å². The Bertz CT molecular complexity index is 346. The Morgan fingerprint density at radius 1 is 1.27 bits per heavy atom. The molecule has 0 aliphatic carbocycles. The molecule has 84 valence electrons. The van der Waals surface area contributed by atoms with Crippen molar-refractivity contribution in [2.45, 2.75) is 26.7 Å². The van der Waals surface area contributed by atoms with Gasteiger partial charge in [-0.05, 0) is 6.92 Å². The van der Waals surface area contributed by atoms with Gasteiger partial charge >= 0.3 is 0 Å². The third kappa shape index (κ3) is 2.79. The van der Waals surface area contributed by atoms with Gasteiger partial charge in [0.2, 0.25) is 0 Å². The lowest BCUT2D eigenvalue weighted by Crippen LogP contribution is -2.22. The highest BCUT2D eigenvalue weighted by molar-refractivity contribution is 5.54. The van der Waals surface area contributed by atoms with E-state index in [1.807, 2.05) is 39.9 Å². The molecule has 1 rings (SSSR count). The summed E-state index contributed by atoms with van der Waals surface area (Å²) in [4.78, 5) is 8.68. The van der Waals surface area contributed by atoms with E-state index in [1.165, 1.54) is 0 Å². The number of hydrazine groups is 1. The van der Waals surface area contributed by atoms with E-state index in [1.54, 1.807) is 0 Å². The molecule has 15 heavy (non-hydrogen) atoms. The van der Waals surface area contributed by atoms with Crippen molar-refractivity contribution in [1.82, 2.24) is 15.0 Å². The van der Waals surface area contributed by atoms with E-state index < -0.39 is 0 Å². The Balaban J connectivity index is 3.13. The average Bonchev–Trinajstić information content (AvgIpc) is 2.11. The smallest absolute Gasteiger partial charge is 0.149 e. The molecule has 0 spiro atoms. The van der Waals surface area contributed by atoms with Crippen molar-refractivity contribution in [3.8, 4) is 0 Å². The first-order chi connectivity index (χ1) is 6.91. The quantitative estimate of drug-likeness (QED) is 0.736. The summed E-state index contributed by atoms with van der Waals surface area (Å²) in [6.45, 7) is 6.00. The predicted molar refractivity (Wildman–Crippen MR) is 62.6 cm³/mol. The molecule has 0 saturated carbocycles. The fourth-order valence-electron chi connectivity index (χ4n) is 1.13.